The molecule has 2 aliphatic rings. The van der Waals surface area contributed by atoms with Crippen molar-refractivity contribution < 1.29 is 0 Å². The molecule has 0 N–H and O–H groups in total. The highest BCUT2D eigenvalue weighted by atomic mass is 28.3. The van der Waals surface area contributed by atoms with Gasteiger partial charge in [-0.3, -0.25) is 0 Å². The monoisotopic (exact) mass is 1140 g/mol. The van der Waals surface area contributed by atoms with Crippen LogP contribution in [0.4, 0.5) is 34.1 Å². The number of para-hydroxylation sites is 2. The lowest BCUT2D eigenvalue weighted by molar-refractivity contribution is 0.590. The van der Waals surface area contributed by atoms with Crippen LogP contribution in [0.2, 0.25) is 0 Å². The van der Waals surface area contributed by atoms with E-state index in [1.54, 1.807) is 0 Å². The molecule has 12 aromatic rings. The quantitative estimate of drug-likeness (QED) is 0.111. The number of hydrogen-bond donors (Lipinski definition) is 0. The zero-order chi connectivity index (χ0) is 60.4. The number of nitrogens with zero attached hydrogens (tertiary/aromatic N) is 3. The third-order valence-electron chi connectivity index (χ3n) is 18.9. The van der Waals surface area contributed by atoms with Crippen LogP contribution in [0.25, 0.3) is 38.6 Å². The van der Waals surface area contributed by atoms with Gasteiger partial charge in [-0.25, -0.2) is 0 Å². The smallest absolute Gasteiger partial charge is 0.252 e. The van der Waals surface area contributed by atoms with E-state index in [2.05, 4.69) is 352 Å². The lowest BCUT2D eigenvalue weighted by atomic mass is 9.33. The normalized spacial score (nSPS) is 13.4. The Morgan fingerprint density at radius 2 is 0.736 bits per heavy atom. The molecule has 11 aromatic carbocycles. The standard InChI is InChI=1S/C82H78BN3Si/c1-79(2,3)57-41-46-70-64(51-57)65-52-58(80(4,5)6)42-47-71(65)84(70)59-43-45-68-75(53-59)86(73-40-28-26-38-67(73)82(10,11)12)77-50-56(55-29-17-13-18-30-55)49-76-78(77)83(68)69-54-63(44-48-74(69)85(76)72-39-27-25-37-66(72)81(7,8)9)87(60-31-19-14-20-32-60,61-33-21-15-22-34-61)62-35-23-16-24-36-62/h13-54H,1-12H3. The highest BCUT2D eigenvalue weighted by Crippen LogP contribution is 2.50. The van der Waals surface area contributed by atoms with Crippen molar-refractivity contribution in [1.29, 1.82) is 0 Å². The molecule has 14 rings (SSSR count). The lowest BCUT2D eigenvalue weighted by Gasteiger charge is -2.46. The second-order valence-corrected chi connectivity index (χ2v) is 32.4. The van der Waals surface area contributed by atoms with Crippen LogP contribution < -0.4 is 46.9 Å². The second kappa shape index (κ2) is 20.6. The molecule has 0 aliphatic carbocycles. The van der Waals surface area contributed by atoms with Gasteiger partial charge in [-0.2, -0.15) is 0 Å². The summed E-state index contributed by atoms with van der Waals surface area (Å²) < 4.78 is 2.55. The summed E-state index contributed by atoms with van der Waals surface area (Å²) in [5.41, 5.74) is 21.8. The molecule has 5 heteroatoms. The average Bonchev–Trinajstić information content (AvgIpc) is 0.964. The van der Waals surface area contributed by atoms with Crippen molar-refractivity contribution in [2.75, 3.05) is 9.80 Å². The number of aromatic nitrogens is 1. The molecule has 2 aliphatic heterocycles. The molecule has 0 radical (unpaired) electrons. The van der Waals surface area contributed by atoms with Crippen molar-refractivity contribution in [3.05, 3.63) is 277 Å². The zero-order valence-electron chi connectivity index (χ0n) is 52.7. The SMILES string of the molecule is CC(C)(C)c1ccc2c(c1)c1cc(C(C)(C)C)ccc1n2-c1ccc2c(c1)N(c1ccccc1C(C)(C)C)c1cc(-c3ccccc3)cc3c1B2c1cc([Si](c2ccccc2)(c2ccccc2)c2ccccc2)ccc1N3c1ccccc1C(C)(C)C. The topological polar surface area (TPSA) is 11.4 Å². The van der Waals surface area contributed by atoms with Crippen LogP contribution >= 0.6 is 0 Å². The number of anilines is 6. The van der Waals surface area contributed by atoms with Crippen molar-refractivity contribution in [3.63, 3.8) is 0 Å². The summed E-state index contributed by atoms with van der Waals surface area (Å²) in [6, 6.07) is 98.4. The molecular weight excluding hydrogens is 1070 g/mol. The van der Waals surface area contributed by atoms with E-state index in [-0.39, 0.29) is 28.4 Å². The Labute approximate surface area is 517 Å². The molecule has 0 spiro atoms. The molecule has 3 heterocycles. The first-order chi connectivity index (χ1) is 41.7. The fourth-order valence-corrected chi connectivity index (χ4v) is 19.4. The number of rotatable bonds is 8. The van der Waals surface area contributed by atoms with Gasteiger partial charge in [-0.15, -0.1) is 0 Å². The van der Waals surface area contributed by atoms with Gasteiger partial charge in [0.1, 0.15) is 0 Å². The van der Waals surface area contributed by atoms with Crippen LogP contribution in [0, 0.1) is 0 Å². The number of fused-ring (bicyclic) bond motifs is 7. The van der Waals surface area contributed by atoms with Gasteiger partial charge in [0.05, 0.1) is 11.0 Å². The Hall–Kier alpha value is -8.90. The summed E-state index contributed by atoms with van der Waals surface area (Å²) in [4.78, 5) is 5.32. The maximum absolute atomic E-state index is 3.03. The maximum atomic E-state index is 2.67. The van der Waals surface area contributed by atoms with Gasteiger partial charge < -0.3 is 14.4 Å². The van der Waals surface area contributed by atoms with Crippen LogP contribution in [0.1, 0.15) is 105 Å². The zero-order valence-corrected chi connectivity index (χ0v) is 53.7. The van der Waals surface area contributed by atoms with Gasteiger partial charge in [0.2, 0.25) is 0 Å². The molecule has 0 fully saturated rings. The summed E-state index contributed by atoms with van der Waals surface area (Å²) in [5, 5.41) is 7.99. The van der Waals surface area contributed by atoms with E-state index in [1.165, 1.54) is 126 Å². The lowest BCUT2D eigenvalue weighted by Crippen LogP contribution is -2.75. The summed E-state index contributed by atoms with van der Waals surface area (Å²) in [6.07, 6.45) is 0. The van der Waals surface area contributed by atoms with Crippen LogP contribution in [0.5, 0.6) is 0 Å². The van der Waals surface area contributed by atoms with Gasteiger partial charge in [0.15, 0.2) is 8.07 Å². The third kappa shape index (κ3) is 9.23. The largest absolute Gasteiger partial charge is 0.311 e. The molecule has 0 unspecified atom stereocenters. The predicted molar refractivity (Wildman–Crippen MR) is 379 cm³/mol. The molecule has 3 nitrogen and oxygen atoms in total. The summed E-state index contributed by atoms with van der Waals surface area (Å²) >= 11 is 0. The Morgan fingerprint density at radius 1 is 0.299 bits per heavy atom. The van der Waals surface area contributed by atoms with Gasteiger partial charge in [-0.1, -0.05) is 271 Å². The van der Waals surface area contributed by atoms with Gasteiger partial charge in [-0.05, 0) is 159 Å². The molecule has 0 bridgehead atoms. The summed E-state index contributed by atoms with van der Waals surface area (Å²) in [7, 11) is -3.03. The summed E-state index contributed by atoms with van der Waals surface area (Å²) in [6.45, 7) is 28.0. The Bertz CT molecular complexity index is 4440. The molecule has 0 amide bonds. The van der Waals surface area contributed by atoms with Crippen LogP contribution in [-0.2, 0) is 21.7 Å². The van der Waals surface area contributed by atoms with E-state index in [1.807, 2.05) is 0 Å². The number of hydrogen-bond acceptors (Lipinski definition) is 2. The number of benzene rings is 11. The minimum absolute atomic E-state index is 0.0200. The van der Waals surface area contributed by atoms with Crippen molar-refractivity contribution >= 4 is 108 Å². The Morgan fingerprint density at radius 3 is 1.20 bits per heavy atom. The van der Waals surface area contributed by atoms with Gasteiger partial charge >= 0.3 is 0 Å². The van der Waals surface area contributed by atoms with Crippen LogP contribution in [0.15, 0.2) is 255 Å². The van der Waals surface area contributed by atoms with E-state index in [4.69, 9.17) is 0 Å². The molecule has 1 aromatic heterocycles. The van der Waals surface area contributed by atoms with Crippen molar-refractivity contribution in [1.82, 2.24) is 4.57 Å². The Kier molecular flexibility index (Phi) is 13.3. The first-order valence-corrected chi connectivity index (χ1v) is 33.3. The molecule has 0 saturated carbocycles. The average molecular weight is 1140 g/mol. The predicted octanol–water partition coefficient (Wildman–Crippen LogP) is 17.1. The molecule has 87 heavy (non-hydrogen) atoms. The van der Waals surface area contributed by atoms with Crippen LogP contribution in [0.3, 0.4) is 0 Å². The van der Waals surface area contributed by atoms with Crippen molar-refractivity contribution in [2.45, 2.75) is 105 Å². The first kappa shape index (κ1) is 55.9. The van der Waals surface area contributed by atoms with Crippen molar-refractivity contribution in [3.8, 4) is 16.8 Å². The van der Waals surface area contributed by atoms with E-state index < -0.39 is 8.07 Å². The minimum atomic E-state index is -3.03. The van der Waals surface area contributed by atoms with E-state index in [9.17, 15) is 0 Å². The first-order valence-electron chi connectivity index (χ1n) is 31.3. The second-order valence-electron chi connectivity index (χ2n) is 28.6. The fraction of sp³-hybridized carbons (Fsp3) is 0.195. The van der Waals surface area contributed by atoms with Crippen molar-refractivity contribution in [2.24, 2.45) is 0 Å². The van der Waals surface area contributed by atoms with E-state index in [0.717, 1.165) is 5.69 Å². The highest BCUT2D eigenvalue weighted by molar-refractivity contribution is 7.20. The highest BCUT2D eigenvalue weighted by Gasteiger charge is 2.48. The molecule has 428 valence electrons. The van der Waals surface area contributed by atoms with Crippen LogP contribution in [-0.4, -0.2) is 19.4 Å². The molecule has 0 atom stereocenters. The van der Waals surface area contributed by atoms with E-state index >= 15 is 0 Å². The molecule has 0 saturated heterocycles. The third-order valence-corrected chi connectivity index (χ3v) is 23.6. The summed E-state index contributed by atoms with van der Waals surface area (Å²) in [5.74, 6) is 0. The minimum Gasteiger partial charge on any atom is -0.311 e. The maximum Gasteiger partial charge on any atom is 0.252 e. The van der Waals surface area contributed by atoms with Gasteiger partial charge in [0, 0.05) is 50.6 Å². The van der Waals surface area contributed by atoms with Gasteiger partial charge in [0.25, 0.3) is 6.71 Å². The van der Waals surface area contributed by atoms with E-state index in [0.29, 0.717) is 0 Å². The Balaban J connectivity index is 1.14. The molecular formula is C82H78BN3Si. The fourth-order valence-electron chi connectivity index (χ4n) is 14.6.